The minimum Gasteiger partial charge on any atom is -0.339 e. The lowest BCUT2D eigenvalue weighted by atomic mass is 9.84. The topological polar surface area (TPSA) is 38.1 Å². The Labute approximate surface area is 136 Å². The Hall–Kier alpha value is -1.46. The van der Waals surface area contributed by atoms with Gasteiger partial charge in [-0.25, -0.2) is 4.68 Å². The van der Waals surface area contributed by atoms with Crippen LogP contribution < -0.4 is 0 Å². The van der Waals surface area contributed by atoms with Crippen molar-refractivity contribution in [3.05, 3.63) is 17.0 Å². The number of aryl methyl sites for hydroxylation is 1. The van der Waals surface area contributed by atoms with Crippen molar-refractivity contribution < 1.29 is 13.6 Å². The fourth-order valence-corrected chi connectivity index (χ4v) is 3.75. The number of hydrogen-bond donors (Lipinski definition) is 0. The van der Waals surface area contributed by atoms with Crippen molar-refractivity contribution in [1.29, 1.82) is 0 Å². The van der Waals surface area contributed by atoms with Crippen LogP contribution in [0.2, 0.25) is 0 Å². The van der Waals surface area contributed by atoms with Crippen molar-refractivity contribution in [2.45, 2.75) is 72.4 Å². The lowest BCUT2D eigenvalue weighted by Crippen LogP contribution is -2.45. The van der Waals surface area contributed by atoms with Gasteiger partial charge >= 0.3 is 6.55 Å². The van der Waals surface area contributed by atoms with Crippen molar-refractivity contribution in [3.8, 4) is 0 Å². The number of carbonyl (C=O) groups is 1. The molecular formula is C17H27F2N3O. The summed E-state index contributed by atoms with van der Waals surface area (Å²) in [6.45, 7) is 5.47. The van der Waals surface area contributed by atoms with E-state index >= 15 is 0 Å². The molecule has 4 nitrogen and oxygen atoms in total. The molecule has 1 aliphatic rings. The highest BCUT2D eigenvalue weighted by molar-refractivity contribution is 5.79. The quantitative estimate of drug-likeness (QED) is 0.823. The summed E-state index contributed by atoms with van der Waals surface area (Å²) in [4.78, 5) is 14.7. The second-order valence-corrected chi connectivity index (χ2v) is 6.56. The van der Waals surface area contributed by atoms with E-state index in [9.17, 15) is 13.6 Å². The molecule has 1 aliphatic carbocycles. The minimum atomic E-state index is -2.67. The highest BCUT2D eigenvalue weighted by Crippen LogP contribution is 2.29. The van der Waals surface area contributed by atoms with Crippen LogP contribution in [0.1, 0.15) is 63.0 Å². The smallest absolute Gasteiger partial charge is 0.333 e. The van der Waals surface area contributed by atoms with Gasteiger partial charge in [0.25, 0.3) is 0 Å². The zero-order valence-corrected chi connectivity index (χ0v) is 14.5. The Morgan fingerprint density at radius 1 is 1.35 bits per heavy atom. The first kappa shape index (κ1) is 17.9. The Morgan fingerprint density at radius 2 is 2.00 bits per heavy atom. The predicted molar refractivity (Wildman–Crippen MR) is 85.5 cm³/mol. The molecule has 0 radical (unpaired) electrons. The van der Waals surface area contributed by atoms with Gasteiger partial charge in [0.2, 0.25) is 5.91 Å². The van der Waals surface area contributed by atoms with E-state index in [2.05, 4.69) is 12.0 Å². The zero-order chi connectivity index (χ0) is 17.1. The maximum atomic E-state index is 12.9. The summed E-state index contributed by atoms with van der Waals surface area (Å²) >= 11 is 0. The maximum Gasteiger partial charge on any atom is 0.333 e. The van der Waals surface area contributed by atoms with Crippen LogP contribution in [0.25, 0.3) is 0 Å². The number of hydrogen-bond acceptors (Lipinski definition) is 2. The molecule has 0 spiro atoms. The van der Waals surface area contributed by atoms with Gasteiger partial charge in [-0.05, 0) is 39.5 Å². The van der Waals surface area contributed by atoms with Crippen LogP contribution in [-0.4, -0.2) is 33.2 Å². The number of carbonyl (C=O) groups excluding carboxylic acids is 1. The molecule has 2 atom stereocenters. The highest BCUT2D eigenvalue weighted by Gasteiger charge is 2.30. The molecule has 0 aliphatic heterocycles. The number of aromatic nitrogens is 2. The first-order chi connectivity index (χ1) is 10.9. The van der Waals surface area contributed by atoms with E-state index in [1.807, 2.05) is 11.8 Å². The standard InChI is InChI=1S/C17H27F2N3O/c1-5-21(15-9-7-6-8-11(15)2)16(23)10-14-12(3)20-22(13(14)4)17(18)19/h11,15,17H,5-10H2,1-4H3/t11-,15+/m1/s1. The highest BCUT2D eigenvalue weighted by atomic mass is 19.3. The molecule has 0 N–H and O–H groups in total. The van der Waals surface area contributed by atoms with Gasteiger partial charge in [-0.2, -0.15) is 13.9 Å². The van der Waals surface area contributed by atoms with E-state index < -0.39 is 6.55 Å². The molecule has 2 rings (SSSR count). The molecule has 1 aromatic heterocycles. The second-order valence-electron chi connectivity index (χ2n) is 6.56. The van der Waals surface area contributed by atoms with E-state index in [0.717, 1.165) is 19.3 Å². The predicted octanol–water partition coefficient (Wildman–Crippen LogP) is 3.86. The van der Waals surface area contributed by atoms with Crippen LogP contribution in [0.3, 0.4) is 0 Å². The average molecular weight is 327 g/mol. The summed E-state index contributed by atoms with van der Waals surface area (Å²) in [5, 5.41) is 3.87. The van der Waals surface area contributed by atoms with Gasteiger partial charge in [-0.3, -0.25) is 4.79 Å². The molecule has 0 saturated heterocycles. The summed E-state index contributed by atoms with van der Waals surface area (Å²) in [5.74, 6) is 0.518. The van der Waals surface area contributed by atoms with Crippen LogP contribution in [0.15, 0.2) is 0 Å². The summed E-state index contributed by atoms with van der Waals surface area (Å²) in [5.41, 5.74) is 1.54. The molecule has 1 heterocycles. The van der Waals surface area contributed by atoms with Crippen LogP contribution in [0.5, 0.6) is 0 Å². The number of alkyl halides is 2. The summed E-state index contributed by atoms with van der Waals surface area (Å²) in [6.07, 6.45) is 4.72. The van der Waals surface area contributed by atoms with Gasteiger partial charge in [0.1, 0.15) is 0 Å². The van der Waals surface area contributed by atoms with Gasteiger partial charge in [-0.1, -0.05) is 19.8 Å². The Morgan fingerprint density at radius 3 is 2.52 bits per heavy atom. The third-order valence-corrected chi connectivity index (χ3v) is 5.12. The molecule has 130 valence electrons. The minimum absolute atomic E-state index is 0.0197. The monoisotopic (exact) mass is 327 g/mol. The molecule has 1 amide bonds. The molecule has 1 saturated carbocycles. The fourth-order valence-electron chi connectivity index (χ4n) is 3.75. The van der Waals surface area contributed by atoms with Crippen molar-refractivity contribution >= 4 is 5.91 Å². The molecule has 0 bridgehead atoms. The van der Waals surface area contributed by atoms with E-state index in [4.69, 9.17) is 0 Å². The zero-order valence-electron chi connectivity index (χ0n) is 14.5. The van der Waals surface area contributed by atoms with Crippen molar-refractivity contribution in [2.75, 3.05) is 6.54 Å². The number of likely N-dealkylation sites (N-methyl/N-ethyl adjacent to an activating group) is 1. The Bertz CT molecular complexity index is 556. The van der Waals surface area contributed by atoms with E-state index in [1.165, 1.54) is 6.42 Å². The van der Waals surface area contributed by atoms with Gasteiger partial charge in [0.15, 0.2) is 0 Å². The molecule has 1 aromatic rings. The van der Waals surface area contributed by atoms with Crippen LogP contribution >= 0.6 is 0 Å². The number of nitrogens with zero attached hydrogens (tertiary/aromatic N) is 3. The summed E-state index contributed by atoms with van der Waals surface area (Å²) in [7, 11) is 0. The molecule has 0 unspecified atom stereocenters. The fraction of sp³-hybridized carbons (Fsp3) is 0.765. The summed E-state index contributed by atoms with van der Waals surface area (Å²) < 4.78 is 26.6. The lowest BCUT2D eigenvalue weighted by molar-refractivity contribution is -0.134. The van der Waals surface area contributed by atoms with Crippen molar-refractivity contribution in [1.82, 2.24) is 14.7 Å². The van der Waals surface area contributed by atoms with Crippen LogP contribution in [0, 0.1) is 19.8 Å². The normalized spacial score (nSPS) is 21.7. The van der Waals surface area contributed by atoms with Gasteiger partial charge in [0, 0.05) is 23.8 Å². The first-order valence-corrected chi connectivity index (χ1v) is 8.49. The molecule has 0 aromatic carbocycles. The molecule has 6 heteroatoms. The third-order valence-electron chi connectivity index (χ3n) is 5.12. The van der Waals surface area contributed by atoms with Crippen LogP contribution in [0.4, 0.5) is 8.78 Å². The molecule has 23 heavy (non-hydrogen) atoms. The van der Waals surface area contributed by atoms with Crippen LogP contribution in [-0.2, 0) is 11.2 Å². The SMILES string of the molecule is CCN(C(=O)Cc1c(C)nn(C(F)F)c1C)[C@H]1CCCC[C@H]1C. The lowest BCUT2D eigenvalue weighted by Gasteiger charge is -2.38. The van der Waals surface area contributed by atoms with Crippen molar-refractivity contribution in [3.63, 3.8) is 0 Å². The van der Waals surface area contributed by atoms with Gasteiger partial charge < -0.3 is 4.90 Å². The van der Waals surface area contributed by atoms with E-state index in [0.29, 0.717) is 34.1 Å². The van der Waals surface area contributed by atoms with E-state index in [1.54, 1.807) is 13.8 Å². The largest absolute Gasteiger partial charge is 0.339 e. The average Bonchev–Trinajstić information content (AvgIpc) is 2.78. The summed E-state index contributed by atoms with van der Waals surface area (Å²) in [6, 6.07) is 0.270. The maximum absolute atomic E-state index is 12.9. The number of amides is 1. The Kier molecular flexibility index (Phi) is 5.76. The number of halogens is 2. The van der Waals surface area contributed by atoms with Gasteiger partial charge in [0.05, 0.1) is 12.1 Å². The first-order valence-electron chi connectivity index (χ1n) is 8.49. The van der Waals surface area contributed by atoms with E-state index in [-0.39, 0.29) is 18.4 Å². The van der Waals surface area contributed by atoms with Crippen molar-refractivity contribution in [2.24, 2.45) is 5.92 Å². The molecule has 1 fully saturated rings. The van der Waals surface area contributed by atoms with Gasteiger partial charge in [-0.15, -0.1) is 0 Å². The Balaban J connectivity index is 2.17. The second kappa shape index (κ2) is 7.41. The third kappa shape index (κ3) is 3.72. The molecular weight excluding hydrogens is 300 g/mol. The number of rotatable bonds is 5.